The van der Waals surface area contributed by atoms with Gasteiger partial charge in [0, 0.05) is 23.1 Å². The Labute approximate surface area is 157 Å². The summed E-state index contributed by atoms with van der Waals surface area (Å²) in [5, 5.41) is 3.63. The highest BCUT2D eigenvalue weighted by Gasteiger charge is 2.13. The molecule has 0 aliphatic rings. The Morgan fingerprint density at radius 2 is 1.92 bits per heavy atom. The molecule has 1 atom stereocenters. The SMILES string of the molecule is COc1ccc(O[C@@H](C)C(=O)NCCSCc2cccc(Cl)c2)cc1. The molecule has 4 nitrogen and oxygen atoms in total. The number of nitrogens with one attached hydrogen (secondary N) is 1. The molecule has 2 aromatic carbocycles. The first kappa shape index (κ1) is 19.5. The van der Waals surface area contributed by atoms with Gasteiger partial charge in [-0.15, -0.1) is 0 Å². The molecule has 0 aromatic heterocycles. The first-order valence-corrected chi connectivity index (χ1v) is 9.52. The normalized spacial score (nSPS) is 11.6. The zero-order valence-electron chi connectivity index (χ0n) is 14.3. The van der Waals surface area contributed by atoms with Crippen molar-refractivity contribution in [3.63, 3.8) is 0 Å². The van der Waals surface area contributed by atoms with Crippen molar-refractivity contribution in [3.05, 3.63) is 59.1 Å². The Morgan fingerprint density at radius 1 is 1.20 bits per heavy atom. The lowest BCUT2D eigenvalue weighted by atomic mass is 10.2. The average Bonchev–Trinajstić information content (AvgIpc) is 2.62. The van der Waals surface area contributed by atoms with Crippen LogP contribution in [0.2, 0.25) is 5.02 Å². The van der Waals surface area contributed by atoms with Crippen molar-refractivity contribution in [3.8, 4) is 11.5 Å². The van der Waals surface area contributed by atoms with Crippen molar-refractivity contribution < 1.29 is 14.3 Å². The van der Waals surface area contributed by atoms with Gasteiger partial charge in [0.25, 0.3) is 5.91 Å². The highest BCUT2D eigenvalue weighted by atomic mass is 35.5. The van der Waals surface area contributed by atoms with E-state index < -0.39 is 6.10 Å². The van der Waals surface area contributed by atoms with Crippen LogP contribution in [0.5, 0.6) is 11.5 Å². The van der Waals surface area contributed by atoms with Crippen LogP contribution in [-0.4, -0.2) is 31.4 Å². The van der Waals surface area contributed by atoms with Gasteiger partial charge in [0.15, 0.2) is 6.10 Å². The molecule has 0 heterocycles. The molecule has 0 saturated carbocycles. The number of methoxy groups -OCH3 is 1. The second-order valence-corrected chi connectivity index (χ2v) is 6.95. The predicted octanol–water partition coefficient (Wildman–Crippen LogP) is 4.17. The molecule has 25 heavy (non-hydrogen) atoms. The minimum absolute atomic E-state index is 0.126. The van der Waals surface area contributed by atoms with Crippen LogP contribution in [0.4, 0.5) is 0 Å². The van der Waals surface area contributed by atoms with Crippen LogP contribution >= 0.6 is 23.4 Å². The van der Waals surface area contributed by atoms with Gasteiger partial charge in [-0.05, 0) is 48.9 Å². The van der Waals surface area contributed by atoms with Gasteiger partial charge in [0.05, 0.1) is 7.11 Å². The maximum Gasteiger partial charge on any atom is 0.260 e. The Morgan fingerprint density at radius 3 is 2.60 bits per heavy atom. The number of ether oxygens (including phenoxy) is 2. The van der Waals surface area contributed by atoms with Crippen molar-refractivity contribution >= 4 is 29.3 Å². The summed E-state index contributed by atoms with van der Waals surface area (Å²) in [5.74, 6) is 2.96. The first-order chi connectivity index (χ1) is 12.1. The maximum atomic E-state index is 12.1. The topological polar surface area (TPSA) is 47.6 Å². The number of amides is 1. The molecule has 134 valence electrons. The highest BCUT2D eigenvalue weighted by Crippen LogP contribution is 2.18. The number of carbonyl (C=O) groups excluding carboxylic acids is 1. The predicted molar refractivity (Wildman–Crippen MR) is 104 cm³/mol. The second kappa shape index (κ2) is 10.2. The Balaban J connectivity index is 1.65. The van der Waals surface area contributed by atoms with Crippen LogP contribution in [0.15, 0.2) is 48.5 Å². The quantitative estimate of drug-likeness (QED) is 0.664. The molecule has 0 radical (unpaired) electrons. The van der Waals surface area contributed by atoms with Gasteiger partial charge in [-0.3, -0.25) is 4.79 Å². The van der Waals surface area contributed by atoms with E-state index in [9.17, 15) is 4.79 Å². The Hall–Kier alpha value is -1.85. The summed E-state index contributed by atoms with van der Waals surface area (Å²) in [7, 11) is 1.61. The van der Waals surface area contributed by atoms with Crippen molar-refractivity contribution in [2.24, 2.45) is 0 Å². The van der Waals surface area contributed by atoms with Crippen LogP contribution in [0, 0.1) is 0 Å². The lowest BCUT2D eigenvalue weighted by Gasteiger charge is -2.15. The van der Waals surface area contributed by atoms with Crippen LogP contribution < -0.4 is 14.8 Å². The van der Waals surface area contributed by atoms with Gasteiger partial charge in [-0.2, -0.15) is 11.8 Å². The molecule has 0 saturated heterocycles. The number of hydrogen-bond donors (Lipinski definition) is 1. The molecule has 0 aliphatic heterocycles. The minimum atomic E-state index is -0.550. The van der Waals surface area contributed by atoms with E-state index in [0.29, 0.717) is 12.3 Å². The van der Waals surface area contributed by atoms with Crippen molar-refractivity contribution in [1.82, 2.24) is 5.32 Å². The van der Waals surface area contributed by atoms with E-state index in [1.165, 1.54) is 5.56 Å². The fourth-order valence-electron chi connectivity index (χ4n) is 2.12. The lowest BCUT2D eigenvalue weighted by molar-refractivity contribution is -0.127. The largest absolute Gasteiger partial charge is 0.497 e. The maximum absolute atomic E-state index is 12.1. The zero-order valence-corrected chi connectivity index (χ0v) is 15.9. The highest BCUT2D eigenvalue weighted by molar-refractivity contribution is 7.98. The molecule has 1 N–H and O–H groups in total. The molecule has 6 heteroatoms. The molecular weight excluding hydrogens is 358 g/mol. The number of rotatable bonds is 9. The third-order valence-electron chi connectivity index (χ3n) is 3.44. The number of thioether (sulfide) groups is 1. The molecule has 2 aromatic rings. The lowest BCUT2D eigenvalue weighted by Crippen LogP contribution is -2.37. The molecule has 0 aliphatic carbocycles. The van der Waals surface area contributed by atoms with Gasteiger partial charge in [-0.1, -0.05) is 23.7 Å². The van der Waals surface area contributed by atoms with E-state index in [4.69, 9.17) is 21.1 Å². The van der Waals surface area contributed by atoms with Gasteiger partial charge < -0.3 is 14.8 Å². The number of hydrogen-bond acceptors (Lipinski definition) is 4. The van der Waals surface area contributed by atoms with E-state index in [1.807, 2.05) is 24.3 Å². The van der Waals surface area contributed by atoms with Crippen molar-refractivity contribution in [1.29, 1.82) is 0 Å². The summed E-state index contributed by atoms with van der Waals surface area (Å²) in [6, 6.07) is 15.0. The van der Waals surface area contributed by atoms with Crippen molar-refractivity contribution in [2.75, 3.05) is 19.4 Å². The van der Waals surface area contributed by atoms with E-state index >= 15 is 0 Å². The Kier molecular flexibility index (Phi) is 7.95. The van der Waals surface area contributed by atoms with Crippen LogP contribution in [0.1, 0.15) is 12.5 Å². The summed E-state index contributed by atoms with van der Waals surface area (Å²) in [5.41, 5.74) is 1.18. The van der Waals surface area contributed by atoms with Crippen LogP contribution in [0.25, 0.3) is 0 Å². The second-order valence-electron chi connectivity index (χ2n) is 5.41. The molecule has 2 rings (SSSR count). The summed E-state index contributed by atoms with van der Waals surface area (Å²) in [6.07, 6.45) is -0.550. The monoisotopic (exact) mass is 379 g/mol. The third-order valence-corrected chi connectivity index (χ3v) is 4.71. The van der Waals surface area contributed by atoms with Crippen LogP contribution in [-0.2, 0) is 10.5 Å². The zero-order chi connectivity index (χ0) is 18.1. The average molecular weight is 380 g/mol. The summed E-state index contributed by atoms with van der Waals surface area (Å²) in [4.78, 5) is 12.1. The van der Waals surface area contributed by atoms with E-state index in [-0.39, 0.29) is 5.91 Å². The summed E-state index contributed by atoms with van der Waals surface area (Å²) in [6.45, 7) is 2.33. The summed E-state index contributed by atoms with van der Waals surface area (Å²) < 4.78 is 10.7. The molecule has 0 fully saturated rings. The number of carbonyl (C=O) groups is 1. The van der Waals surface area contributed by atoms with E-state index in [1.54, 1.807) is 50.1 Å². The van der Waals surface area contributed by atoms with Gasteiger partial charge in [0.1, 0.15) is 11.5 Å². The van der Waals surface area contributed by atoms with Crippen molar-refractivity contribution in [2.45, 2.75) is 18.8 Å². The molecular formula is C19H22ClNO3S. The molecule has 0 unspecified atom stereocenters. The fourth-order valence-corrected chi connectivity index (χ4v) is 3.14. The minimum Gasteiger partial charge on any atom is -0.497 e. The molecule has 1 amide bonds. The number of benzene rings is 2. The smallest absolute Gasteiger partial charge is 0.260 e. The molecule has 0 bridgehead atoms. The number of halogens is 1. The standard InChI is InChI=1S/C19H22ClNO3S/c1-14(24-18-8-6-17(23-2)7-9-18)19(22)21-10-11-25-13-15-4-3-5-16(20)12-15/h3-9,12,14H,10-11,13H2,1-2H3,(H,21,22)/t14-/m0/s1. The fraction of sp³-hybridized carbons (Fsp3) is 0.316. The third kappa shape index (κ3) is 6.88. The van der Waals surface area contributed by atoms with Gasteiger partial charge in [0.2, 0.25) is 0 Å². The van der Waals surface area contributed by atoms with Gasteiger partial charge >= 0.3 is 0 Å². The van der Waals surface area contributed by atoms with Gasteiger partial charge in [-0.25, -0.2) is 0 Å². The molecule has 0 spiro atoms. The first-order valence-electron chi connectivity index (χ1n) is 7.99. The Bertz CT molecular complexity index is 679. The van der Waals surface area contributed by atoms with Crippen LogP contribution in [0.3, 0.4) is 0 Å². The summed E-state index contributed by atoms with van der Waals surface area (Å²) >= 11 is 7.71. The van der Waals surface area contributed by atoms with E-state index in [0.717, 1.165) is 22.3 Å². The van der Waals surface area contributed by atoms with E-state index in [2.05, 4.69) is 5.32 Å².